The van der Waals surface area contributed by atoms with Gasteiger partial charge in [0.2, 0.25) is 5.91 Å². The molecule has 4 rings (SSSR count). The lowest BCUT2D eigenvalue weighted by atomic mass is 9.98. The van der Waals surface area contributed by atoms with E-state index >= 15 is 0 Å². The highest BCUT2D eigenvalue weighted by molar-refractivity contribution is 5.79. The van der Waals surface area contributed by atoms with Crippen LogP contribution < -0.4 is 0 Å². The lowest BCUT2D eigenvalue weighted by Gasteiger charge is -2.21. The average molecular weight is 336 g/mol. The number of pyridine rings is 1. The van der Waals surface area contributed by atoms with Crippen molar-refractivity contribution >= 4 is 5.91 Å². The molecule has 1 amide bonds. The molecule has 130 valence electrons. The van der Waals surface area contributed by atoms with E-state index in [9.17, 15) is 4.79 Å². The zero-order chi connectivity index (χ0) is 17.2. The first-order valence-electron chi connectivity index (χ1n) is 9.26. The Morgan fingerprint density at radius 1 is 1.16 bits per heavy atom. The van der Waals surface area contributed by atoms with Crippen molar-refractivity contribution < 1.29 is 4.79 Å². The highest BCUT2D eigenvalue weighted by Gasteiger charge is 2.34. The molecule has 0 aromatic carbocycles. The molecule has 2 aromatic heterocycles. The number of nitrogens with zero attached hydrogens (tertiary/aromatic N) is 4. The number of rotatable bonds is 3. The van der Waals surface area contributed by atoms with E-state index in [1.807, 2.05) is 31.3 Å². The van der Waals surface area contributed by atoms with Crippen molar-refractivity contribution in [1.82, 2.24) is 19.9 Å². The van der Waals surface area contributed by atoms with Gasteiger partial charge in [-0.3, -0.25) is 9.78 Å². The molecule has 25 heavy (non-hydrogen) atoms. The number of carbonyl (C=O) groups excluding carboxylic acids is 1. The third-order valence-corrected chi connectivity index (χ3v) is 5.47. The molecule has 1 aliphatic heterocycles. The molecule has 0 radical (unpaired) electrons. The van der Waals surface area contributed by atoms with Crippen LogP contribution >= 0.6 is 0 Å². The van der Waals surface area contributed by atoms with Gasteiger partial charge >= 0.3 is 0 Å². The molecule has 2 aromatic rings. The summed E-state index contributed by atoms with van der Waals surface area (Å²) in [4.78, 5) is 28.4. The Labute approximate surface area is 148 Å². The fraction of sp³-hybridized carbons (Fsp3) is 0.500. The van der Waals surface area contributed by atoms with Gasteiger partial charge in [-0.15, -0.1) is 0 Å². The molecule has 5 heteroatoms. The van der Waals surface area contributed by atoms with Gasteiger partial charge in [0.05, 0.1) is 11.4 Å². The fourth-order valence-electron chi connectivity index (χ4n) is 4.13. The summed E-state index contributed by atoms with van der Waals surface area (Å²) in [6, 6.07) is 5.89. The van der Waals surface area contributed by atoms with Gasteiger partial charge in [0.15, 0.2) is 0 Å². The van der Waals surface area contributed by atoms with E-state index in [0.29, 0.717) is 5.91 Å². The summed E-state index contributed by atoms with van der Waals surface area (Å²) in [5, 5.41) is 0. The number of hydrogen-bond acceptors (Lipinski definition) is 4. The molecule has 1 saturated carbocycles. The lowest BCUT2D eigenvalue weighted by Crippen LogP contribution is -2.33. The molecule has 0 N–H and O–H groups in total. The van der Waals surface area contributed by atoms with Crippen LogP contribution in [0.1, 0.15) is 49.5 Å². The number of likely N-dealkylation sites (tertiary alicyclic amines) is 1. The van der Waals surface area contributed by atoms with Crippen LogP contribution in [0.3, 0.4) is 0 Å². The van der Waals surface area contributed by atoms with Crippen molar-refractivity contribution in [1.29, 1.82) is 0 Å². The van der Waals surface area contributed by atoms with Crippen LogP contribution in [0.25, 0.3) is 11.3 Å². The van der Waals surface area contributed by atoms with Crippen LogP contribution in [0.15, 0.2) is 30.6 Å². The normalized spacial score (nSPS) is 21.0. The van der Waals surface area contributed by atoms with Crippen molar-refractivity contribution in [2.75, 3.05) is 13.1 Å². The smallest absolute Gasteiger partial charge is 0.225 e. The minimum absolute atomic E-state index is 0.251. The van der Waals surface area contributed by atoms with Gasteiger partial charge in [0.1, 0.15) is 5.82 Å². The van der Waals surface area contributed by atoms with Crippen LogP contribution in [-0.4, -0.2) is 38.8 Å². The quantitative estimate of drug-likeness (QED) is 0.862. The zero-order valence-electron chi connectivity index (χ0n) is 14.7. The summed E-state index contributed by atoms with van der Waals surface area (Å²) in [5.74, 6) is 1.64. The number of hydrogen-bond donors (Lipinski definition) is 0. The minimum atomic E-state index is 0.251. The van der Waals surface area contributed by atoms with Gasteiger partial charge in [-0.05, 0) is 38.3 Å². The van der Waals surface area contributed by atoms with E-state index in [0.717, 1.165) is 55.1 Å². The maximum atomic E-state index is 12.7. The predicted octanol–water partition coefficient (Wildman–Crippen LogP) is 3.35. The maximum absolute atomic E-state index is 12.7. The summed E-state index contributed by atoms with van der Waals surface area (Å²) < 4.78 is 0. The van der Waals surface area contributed by atoms with Gasteiger partial charge in [-0.2, -0.15) is 0 Å². The largest absolute Gasteiger partial charge is 0.342 e. The zero-order valence-corrected chi connectivity index (χ0v) is 14.7. The third kappa shape index (κ3) is 3.28. The lowest BCUT2D eigenvalue weighted by molar-refractivity contribution is -0.134. The standard InChI is InChI=1S/C20H24N4O/c1-14-22-12-17(18-8-4-5-10-21-18)19(23-14)16-9-11-24(13-16)20(25)15-6-2-3-7-15/h4-5,8,10,12,15-16H,2-3,6-7,9,11,13H2,1H3/t16-/m0/s1. The number of aromatic nitrogens is 3. The molecule has 0 bridgehead atoms. The van der Waals surface area contributed by atoms with E-state index in [1.54, 1.807) is 6.20 Å². The Hall–Kier alpha value is -2.30. The summed E-state index contributed by atoms with van der Waals surface area (Å²) in [5.41, 5.74) is 2.93. The molecular weight excluding hydrogens is 312 g/mol. The second-order valence-corrected chi connectivity index (χ2v) is 7.18. The van der Waals surface area contributed by atoms with Gasteiger partial charge in [0, 0.05) is 42.9 Å². The first-order chi connectivity index (χ1) is 12.2. The first kappa shape index (κ1) is 16.2. The summed E-state index contributed by atoms with van der Waals surface area (Å²) in [7, 11) is 0. The van der Waals surface area contributed by atoms with Crippen molar-refractivity contribution in [3.8, 4) is 11.3 Å². The van der Waals surface area contributed by atoms with Crippen LogP contribution in [0.4, 0.5) is 0 Å². The van der Waals surface area contributed by atoms with Crippen molar-refractivity contribution in [3.05, 3.63) is 42.1 Å². The molecule has 1 saturated heterocycles. The van der Waals surface area contributed by atoms with Gasteiger partial charge in [-0.25, -0.2) is 9.97 Å². The molecule has 2 fully saturated rings. The molecule has 3 heterocycles. The molecule has 1 atom stereocenters. The number of aryl methyl sites for hydroxylation is 1. The van der Waals surface area contributed by atoms with Crippen LogP contribution in [0.5, 0.6) is 0 Å². The highest BCUT2D eigenvalue weighted by Crippen LogP contribution is 2.34. The van der Waals surface area contributed by atoms with E-state index in [1.165, 1.54) is 12.8 Å². The van der Waals surface area contributed by atoms with Crippen LogP contribution in [0, 0.1) is 12.8 Å². The van der Waals surface area contributed by atoms with Gasteiger partial charge in [-0.1, -0.05) is 18.9 Å². The van der Waals surface area contributed by atoms with Gasteiger partial charge in [0.25, 0.3) is 0 Å². The van der Waals surface area contributed by atoms with Crippen molar-refractivity contribution in [3.63, 3.8) is 0 Å². The second kappa shape index (κ2) is 6.90. The molecule has 0 spiro atoms. The van der Waals surface area contributed by atoms with E-state index < -0.39 is 0 Å². The number of carbonyl (C=O) groups is 1. The Bertz CT molecular complexity index is 756. The van der Waals surface area contributed by atoms with Crippen LogP contribution in [-0.2, 0) is 4.79 Å². The SMILES string of the molecule is Cc1ncc(-c2ccccn2)c([C@H]2CCN(C(=O)C3CCCC3)C2)n1. The molecular formula is C20H24N4O. The summed E-state index contributed by atoms with van der Waals surface area (Å²) >= 11 is 0. The third-order valence-electron chi connectivity index (χ3n) is 5.47. The molecule has 0 unspecified atom stereocenters. The summed E-state index contributed by atoms with van der Waals surface area (Å²) in [6.07, 6.45) is 9.16. The van der Waals surface area contributed by atoms with E-state index in [4.69, 9.17) is 4.98 Å². The highest BCUT2D eigenvalue weighted by atomic mass is 16.2. The molecule has 1 aliphatic carbocycles. The Morgan fingerprint density at radius 2 is 2.00 bits per heavy atom. The minimum Gasteiger partial charge on any atom is -0.342 e. The second-order valence-electron chi connectivity index (χ2n) is 7.18. The molecule has 2 aliphatic rings. The first-order valence-corrected chi connectivity index (χ1v) is 9.26. The Kier molecular flexibility index (Phi) is 4.47. The monoisotopic (exact) mass is 336 g/mol. The Morgan fingerprint density at radius 3 is 2.76 bits per heavy atom. The van der Waals surface area contributed by atoms with Crippen molar-refractivity contribution in [2.24, 2.45) is 5.92 Å². The molecule has 5 nitrogen and oxygen atoms in total. The van der Waals surface area contributed by atoms with Crippen LogP contribution in [0.2, 0.25) is 0 Å². The maximum Gasteiger partial charge on any atom is 0.225 e. The van der Waals surface area contributed by atoms with Crippen molar-refractivity contribution in [2.45, 2.75) is 44.9 Å². The summed E-state index contributed by atoms with van der Waals surface area (Å²) in [6.45, 7) is 3.53. The predicted molar refractivity (Wildman–Crippen MR) is 95.9 cm³/mol. The Balaban J connectivity index is 1.58. The van der Waals surface area contributed by atoms with E-state index in [-0.39, 0.29) is 11.8 Å². The fourth-order valence-corrected chi connectivity index (χ4v) is 4.13. The van der Waals surface area contributed by atoms with E-state index in [2.05, 4.69) is 14.9 Å². The average Bonchev–Trinajstić information content (AvgIpc) is 3.34. The number of amides is 1. The van der Waals surface area contributed by atoms with Gasteiger partial charge < -0.3 is 4.90 Å². The topological polar surface area (TPSA) is 59.0 Å².